The number of fused-ring (bicyclic) bond motifs is 1. The molecule has 0 saturated heterocycles. The zero-order valence-corrected chi connectivity index (χ0v) is 18.7. The maximum absolute atomic E-state index is 13.2. The van der Waals surface area contributed by atoms with Crippen LogP contribution in [0.3, 0.4) is 0 Å². The lowest BCUT2D eigenvalue weighted by atomic mass is 10.2. The molecule has 0 radical (unpaired) electrons. The quantitative estimate of drug-likeness (QED) is 0.280. The van der Waals surface area contributed by atoms with E-state index in [0.717, 1.165) is 11.4 Å². The Kier molecular flexibility index (Phi) is 6.53. The van der Waals surface area contributed by atoms with Crippen molar-refractivity contribution in [2.75, 3.05) is 17.3 Å². The van der Waals surface area contributed by atoms with Gasteiger partial charge < -0.3 is 10.1 Å². The molecule has 0 fully saturated rings. The number of nitrogens with one attached hydrogen (secondary N) is 3. The fraction of sp³-hybridized carbons (Fsp3) is 0.0870. The summed E-state index contributed by atoms with van der Waals surface area (Å²) in [6, 6.07) is 21.5. The Morgan fingerprint density at radius 3 is 2.50 bits per heavy atom. The summed E-state index contributed by atoms with van der Waals surface area (Å²) in [6.45, 7) is 2.53. The summed E-state index contributed by atoms with van der Waals surface area (Å²) in [4.78, 5) is 17.8. The third kappa shape index (κ3) is 4.82. The number of halogens is 1. The smallest absolute Gasteiger partial charge is 0.267 e. The highest BCUT2D eigenvalue weighted by Gasteiger charge is 2.13. The van der Waals surface area contributed by atoms with Crippen LogP contribution in [0.5, 0.6) is 5.75 Å². The average molecular weight is 466 g/mol. The first kappa shape index (κ1) is 21.6. The van der Waals surface area contributed by atoms with E-state index in [1.165, 1.54) is 4.57 Å². The molecule has 0 unspecified atom stereocenters. The number of hydrogen-bond donors (Lipinski definition) is 3. The van der Waals surface area contributed by atoms with Crippen molar-refractivity contribution >= 4 is 51.5 Å². The maximum atomic E-state index is 13.2. The minimum atomic E-state index is -0.215. The predicted octanol–water partition coefficient (Wildman–Crippen LogP) is 4.75. The van der Waals surface area contributed by atoms with Gasteiger partial charge in [-0.2, -0.15) is 0 Å². The Balaban J connectivity index is 1.59. The van der Waals surface area contributed by atoms with Crippen LogP contribution in [0.1, 0.15) is 6.92 Å². The van der Waals surface area contributed by atoms with Crippen LogP contribution in [0.4, 0.5) is 11.6 Å². The van der Waals surface area contributed by atoms with Gasteiger partial charge in [0.1, 0.15) is 5.75 Å². The van der Waals surface area contributed by atoms with Crippen LogP contribution >= 0.6 is 23.8 Å². The number of hydrazine groups is 1. The van der Waals surface area contributed by atoms with E-state index in [-0.39, 0.29) is 11.5 Å². The Morgan fingerprint density at radius 1 is 1.06 bits per heavy atom. The number of benzene rings is 3. The Labute approximate surface area is 195 Å². The summed E-state index contributed by atoms with van der Waals surface area (Å²) in [5.74, 6) is 1.06. The molecule has 0 bridgehead atoms. The summed E-state index contributed by atoms with van der Waals surface area (Å²) in [5.41, 5.74) is 7.60. The van der Waals surface area contributed by atoms with Crippen molar-refractivity contribution in [1.82, 2.24) is 15.0 Å². The number of hydrogen-bond acceptors (Lipinski definition) is 5. The number of aromatic nitrogens is 2. The van der Waals surface area contributed by atoms with Gasteiger partial charge in [-0.1, -0.05) is 23.7 Å². The van der Waals surface area contributed by atoms with E-state index in [1.807, 2.05) is 37.3 Å². The number of ether oxygens (including phenoxy) is 1. The molecule has 0 amide bonds. The molecular formula is C23H20ClN5O2S. The van der Waals surface area contributed by atoms with Crippen molar-refractivity contribution in [1.29, 1.82) is 0 Å². The van der Waals surface area contributed by atoms with Crippen LogP contribution < -0.4 is 26.5 Å². The summed E-state index contributed by atoms with van der Waals surface area (Å²) in [5, 5.41) is 4.45. The van der Waals surface area contributed by atoms with Crippen molar-refractivity contribution in [3.05, 3.63) is 88.2 Å². The third-order valence-corrected chi connectivity index (χ3v) is 5.03. The lowest BCUT2D eigenvalue weighted by molar-refractivity contribution is 0.340. The minimum Gasteiger partial charge on any atom is -0.494 e. The van der Waals surface area contributed by atoms with Gasteiger partial charge in [0.2, 0.25) is 5.95 Å². The molecule has 3 N–H and O–H groups in total. The van der Waals surface area contributed by atoms with Crippen molar-refractivity contribution in [2.24, 2.45) is 0 Å². The van der Waals surface area contributed by atoms with Gasteiger partial charge in [-0.15, -0.1) is 0 Å². The molecule has 162 valence electrons. The predicted molar refractivity (Wildman–Crippen MR) is 133 cm³/mol. The molecule has 0 aliphatic carbocycles. The highest BCUT2D eigenvalue weighted by atomic mass is 35.5. The fourth-order valence-electron chi connectivity index (χ4n) is 3.12. The highest BCUT2D eigenvalue weighted by molar-refractivity contribution is 7.80. The van der Waals surface area contributed by atoms with E-state index >= 15 is 0 Å². The second-order valence-corrected chi connectivity index (χ2v) is 7.58. The maximum Gasteiger partial charge on any atom is 0.267 e. The molecule has 0 saturated carbocycles. The zero-order valence-electron chi connectivity index (χ0n) is 17.1. The monoisotopic (exact) mass is 465 g/mol. The Morgan fingerprint density at radius 2 is 1.78 bits per heavy atom. The van der Waals surface area contributed by atoms with Crippen molar-refractivity contribution in [3.8, 4) is 11.4 Å². The molecule has 7 nitrogen and oxygen atoms in total. The molecule has 4 aromatic rings. The topological polar surface area (TPSA) is 80.2 Å². The molecule has 0 aliphatic heterocycles. The Hall–Kier alpha value is -3.62. The van der Waals surface area contributed by atoms with Gasteiger partial charge in [0, 0.05) is 10.7 Å². The van der Waals surface area contributed by atoms with Gasteiger partial charge in [-0.05, 0) is 79.8 Å². The summed E-state index contributed by atoms with van der Waals surface area (Å²) < 4.78 is 6.91. The average Bonchev–Trinajstić information content (AvgIpc) is 2.80. The van der Waals surface area contributed by atoms with Crippen LogP contribution in [0.15, 0.2) is 77.6 Å². The molecule has 0 spiro atoms. The zero-order chi connectivity index (χ0) is 22.5. The Bertz CT molecular complexity index is 1310. The molecule has 0 atom stereocenters. The SMILES string of the molecule is CCOc1ccc(NC(=S)NNc2nc3ccccc3c(=O)n2-c2ccc(Cl)cc2)cc1. The van der Waals surface area contributed by atoms with Crippen LogP contribution in [-0.4, -0.2) is 21.3 Å². The van der Waals surface area contributed by atoms with Crippen LogP contribution in [0, 0.1) is 0 Å². The van der Waals surface area contributed by atoms with E-state index in [2.05, 4.69) is 21.2 Å². The molecule has 3 aromatic carbocycles. The van der Waals surface area contributed by atoms with Crippen molar-refractivity contribution in [2.45, 2.75) is 6.92 Å². The first-order chi connectivity index (χ1) is 15.5. The second kappa shape index (κ2) is 9.67. The van der Waals surface area contributed by atoms with Crippen molar-refractivity contribution in [3.63, 3.8) is 0 Å². The van der Waals surface area contributed by atoms with E-state index in [9.17, 15) is 4.79 Å². The van der Waals surface area contributed by atoms with Gasteiger partial charge in [0.05, 0.1) is 23.2 Å². The number of thiocarbonyl (C=S) groups is 1. The molecule has 9 heteroatoms. The molecule has 1 aromatic heterocycles. The summed E-state index contributed by atoms with van der Waals surface area (Å²) >= 11 is 11.4. The standard InChI is InChI=1S/C23H20ClN5O2S/c1-2-31-18-13-9-16(10-14-18)25-23(32)28-27-22-26-20-6-4-3-5-19(20)21(30)29(22)17-11-7-15(24)8-12-17/h3-14H,2H2,1H3,(H,26,27)(H2,25,28,32). The summed E-state index contributed by atoms with van der Waals surface area (Å²) in [6.07, 6.45) is 0. The molecular weight excluding hydrogens is 446 g/mol. The lowest BCUT2D eigenvalue weighted by Gasteiger charge is -2.17. The molecule has 0 aliphatic rings. The van der Waals surface area contributed by atoms with E-state index < -0.39 is 0 Å². The van der Waals surface area contributed by atoms with E-state index in [0.29, 0.717) is 33.3 Å². The van der Waals surface area contributed by atoms with Gasteiger partial charge >= 0.3 is 0 Å². The number of rotatable bonds is 6. The number of para-hydroxylation sites is 1. The van der Waals surface area contributed by atoms with Crippen LogP contribution in [-0.2, 0) is 0 Å². The minimum absolute atomic E-state index is 0.215. The first-order valence-corrected chi connectivity index (χ1v) is 10.7. The number of anilines is 2. The fourth-order valence-corrected chi connectivity index (χ4v) is 3.42. The molecule has 4 rings (SSSR count). The first-order valence-electron chi connectivity index (χ1n) is 9.89. The van der Waals surface area contributed by atoms with Gasteiger partial charge in [0.15, 0.2) is 5.11 Å². The van der Waals surface area contributed by atoms with Crippen LogP contribution in [0.25, 0.3) is 16.6 Å². The van der Waals surface area contributed by atoms with Crippen molar-refractivity contribution < 1.29 is 4.74 Å². The van der Waals surface area contributed by atoms with Gasteiger partial charge in [-0.25, -0.2) is 9.55 Å². The second-order valence-electron chi connectivity index (χ2n) is 6.73. The van der Waals surface area contributed by atoms with Crippen LogP contribution in [0.2, 0.25) is 5.02 Å². The lowest BCUT2D eigenvalue weighted by Crippen LogP contribution is -2.36. The molecule has 32 heavy (non-hydrogen) atoms. The normalized spacial score (nSPS) is 10.6. The van der Waals surface area contributed by atoms with Gasteiger partial charge in [0.25, 0.3) is 5.56 Å². The highest BCUT2D eigenvalue weighted by Crippen LogP contribution is 2.18. The van der Waals surface area contributed by atoms with E-state index in [1.54, 1.807) is 42.5 Å². The number of nitrogens with zero attached hydrogens (tertiary/aromatic N) is 2. The largest absolute Gasteiger partial charge is 0.494 e. The summed E-state index contributed by atoms with van der Waals surface area (Å²) in [7, 11) is 0. The van der Waals surface area contributed by atoms with E-state index in [4.69, 9.17) is 28.6 Å². The molecule has 1 heterocycles. The third-order valence-electron chi connectivity index (χ3n) is 4.57. The van der Waals surface area contributed by atoms with Gasteiger partial charge in [-0.3, -0.25) is 15.6 Å².